The molecule has 1 aliphatic heterocycles. The highest BCUT2D eigenvalue weighted by Crippen LogP contribution is 2.23. The summed E-state index contributed by atoms with van der Waals surface area (Å²) in [6.07, 6.45) is 2.08. The van der Waals surface area contributed by atoms with Crippen molar-refractivity contribution in [2.24, 2.45) is 0 Å². The highest BCUT2D eigenvalue weighted by molar-refractivity contribution is 5.94. The number of carboxylic acids is 1. The van der Waals surface area contributed by atoms with Gasteiger partial charge in [0.05, 0.1) is 5.56 Å². The van der Waals surface area contributed by atoms with Crippen LogP contribution in [0.25, 0.3) is 0 Å². The molecule has 3 rings (SSSR count). The molecule has 0 saturated carbocycles. The van der Waals surface area contributed by atoms with Crippen molar-refractivity contribution >= 4 is 23.4 Å². The third-order valence-corrected chi connectivity index (χ3v) is 4.90. The van der Waals surface area contributed by atoms with E-state index in [0.29, 0.717) is 12.2 Å². The third-order valence-electron chi connectivity index (χ3n) is 4.90. The van der Waals surface area contributed by atoms with Crippen LogP contribution in [0, 0.1) is 0 Å². The molecule has 0 bridgehead atoms. The summed E-state index contributed by atoms with van der Waals surface area (Å²) < 4.78 is 5.65. The van der Waals surface area contributed by atoms with E-state index in [1.165, 1.54) is 0 Å². The van der Waals surface area contributed by atoms with Crippen LogP contribution in [-0.4, -0.2) is 71.2 Å². The van der Waals surface area contributed by atoms with E-state index >= 15 is 0 Å². The van der Waals surface area contributed by atoms with Crippen LogP contribution in [-0.2, 0) is 4.84 Å². The number of carbonyl (C=O) groups is 2. The molecule has 1 fully saturated rings. The number of likely N-dealkylation sites (tertiary alicyclic amines) is 1. The molecule has 11 heteroatoms. The van der Waals surface area contributed by atoms with Crippen molar-refractivity contribution in [1.29, 1.82) is 0 Å². The van der Waals surface area contributed by atoms with Crippen molar-refractivity contribution < 1.29 is 24.3 Å². The van der Waals surface area contributed by atoms with Crippen molar-refractivity contribution in [3.8, 4) is 6.01 Å². The molecule has 1 aromatic heterocycles. The molecule has 166 valence electrons. The van der Waals surface area contributed by atoms with Crippen LogP contribution in [0.5, 0.6) is 6.01 Å². The second kappa shape index (κ2) is 10.5. The minimum Gasteiger partial charge on any atom is -0.476 e. The van der Waals surface area contributed by atoms with Crippen molar-refractivity contribution in [3.05, 3.63) is 41.6 Å². The summed E-state index contributed by atoms with van der Waals surface area (Å²) in [5.74, 6) is -1.65. The van der Waals surface area contributed by atoms with Gasteiger partial charge in [-0.05, 0) is 38.6 Å². The van der Waals surface area contributed by atoms with Gasteiger partial charge in [-0.2, -0.15) is 15.4 Å². The maximum absolute atomic E-state index is 11.9. The van der Waals surface area contributed by atoms with Gasteiger partial charge >= 0.3 is 17.9 Å². The minimum absolute atomic E-state index is 0.0575. The van der Waals surface area contributed by atoms with Crippen molar-refractivity contribution in [2.75, 3.05) is 44.3 Å². The number of aromatic carboxylic acids is 1. The number of likely N-dealkylation sites (N-methyl/N-ethyl adjacent to an activating group) is 1. The fraction of sp³-hybridized carbons (Fsp3) is 0.400. The Morgan fingerprint density at radius 1 is 1.26 bits per heavy atom. The van der Waals surface area contributed by atoms with E-state index in [1.54, 1.807) is 30.3 Å². The first-order chi connectivity index (χ1) is 15.0. The number of aromatic nitrogens is 2. The first kappa shape index (κ1) is 22.2. The quantitative estimate of drug-likeness (QED) is 0.315. The number of nitrogens with one attached hydrogen (secondary N) is 2. The normalized spacial score (nSPS) is 16.1. The van der Waals surface area contributed by atoms with E-state index in [1.807, 2.05) is 7.05 Å². The molecular weight excluding hydrogens is 404 g/mol. The number of hydrogen-bond acceptors (Lipinski definition) is 10. The molecule has 31 heavy (non-hydrogen) atoms. The lowest BCUT2D eigenvalue weighted by Gasteiger charge is -2.19. The number of nitrogens with two attached hydrogens (primary N) is 1. The first-order valence-corrected chi connectivity index (χ1v) is 9.92. The lowest BCUT2D eigenvalue weighted by molar-refractivity contribution is 0.0263. The maximum atomic E-state index is 11.9. The molecule has 5 N–H and O–H groups in total. The van der Waals surface area contributed by atoms with Gasteiger partial charge in [-0.1, -0.05) is 18.2 Å². The van der Waals surface area contributed by atoms with Crippen LogP contribution in [0.15, 0.2) is 30.3 Å². The number of hydrogen-bond donors (Lipinski definition) is 4. The molecule has 1 aliphatic rings. The van der Waals surface area contributed by atoms with Gasteiger partial charge in [0, 0.05) is 19.1 Å². The standard InChI is InChI=1S/C20H26N6O5/c1-26-11-5-8-14(26)12-30-20-24-16(18(27)28)15(21)17(25-20)22-9-10-23-31-19(29)13-6-3-2-4-7-13/h2-4,6-7,14,23H,5,8-12,21H2,1H3,(H,27,28)(H,22,24,25)/t14-/m0/s1. The largest absolute Gasteiger partial charge is 0.476 e. The highest BCUT2D eigenvalue weighted by atomic mass is 16.7. The number of nitrogen functional groups attached to an aromatic ring is 1. The summed E-state index contributed by atoms with van der Waals surface area (Å²) >= 11 is 0. The predicted molar refractivity (Wildman–Crippen MR) is 113 cm³/mol. The van der Waals surface area contributed by atoms with Crippen LogP contribution >= 0.6 is 0 Å². The summed E-state index contributed by atoms with van der Waals surface area (Å²) in [6.45, 7) is 1.84. The zero-order valence-corrected chi connectivity index (χ0v) is 17.2. The Balaban J connectivity index is 1.54. The molecule has 0 amide bonds. The van der Waals surface area contributed by atoms with Gasteiger partial charge in [-0.3, -0.25) is 0 Å². The summed E-state index contributed by atoms with van der Waals surface area (Å²) in [4.78, 5) is 38.6. The minimum atomic E-state index is -1.28. The summed E-state index contributed by atoms with van der Waals surface area (Å²) in [5.41, 5.74) is 8.42. The Bertz CT molecular complexity index is 910. The van der Waals surface area contributed by atoms with E-state index < -0.39 is 11.9 Å². The monoisotopic (exact) mass is 430 g/mol. The fourth-order valence-electron chi connectivity index (χ4n) is 3.15. The first-order valence-electron chi connectivity index (χ1n) is 9.92. The highest BCUT2D eigenvalue weighted by Gasteiger charge is 2.23. The average molecular weight is 430 g/mol. The Kier molecular flexibility index (Phi) is 7.57. The second-order valence-electron chi connectivity index (χ2n) is 7.09. The summed E-state index contributed by atoms with van der Waals surface area (Å²) in [7, 11) is 2.01. The van der Waals surface area contributed by atoms with E-state index in [2.05, 4.69) is 25.7 Å². The van der Waals surface area contributed by atoms with Gasteiger partial charge in [0.25, 0.3) is 0 Å². The smallest absolute Gasteiger partial charge is 0.357 e. The molecule has 0 radical (unpaired) electrons. The molecule has 0 aliphatic carbocycles. The van der Waals surface area contributed by atoms with E-state index in [9.17, 15) is 14.7 Å². The summed E-state index contributed by atoms with van der Waals surface area (Å²) in [5, 5.41) is 12.3. The second-order valence-corrected chi connectivity index (χ2v) is 7.09. The summed E-state index contributed by atoms with van der Waals surface area (Å²) in [6, 6.07) is 8.73. The zero-order chi connectivity index (χ0) is 22.2. The van der Waals surface area contributed by atoms with E-state index in [-0.39, 0.29) is 42.3 Å². The van der Waals surface area contributed by atoms with E-state index in [0.717, 1.165) is 19.4 Å². The van der Waals surface area contributed by atoms with Crippen LogP contribution in [0.2, 0.25) is 0 Å². The number of carboxylic acid groups (broad SMARTS) is 1. The Hall–Kier alpha value is -3.44. The van der Waals surface area contributed by atoms with Crippen LogP contribution in [0.1, 0.15) is 33.7 Å². The topological polar surface area (TPSA) is 152 Å². The van der Waals surface area contributed by atoms with Crippen LogP contribution in [0.3, 0.4) is 0 Å². The lowest BCUT2D eigenvalue weighted by atomic mass is 10.2. The van der Waals surface area contributed by atoms with Crippen molar-refractivity contribution in [2.45, 2.75) is 18.9 Å². The zero-order valence-electron chi connectivity index (χ0n) is 17.2. The fourth-order valence-corrected chi connectivity index (χ4v) is 3.15. The molecule has 11 nitrogen and oxygen atoms in total. The Morgan fingerprint density at radius 3 is 2.71 bits per heavy atom. The average Bonchev–Trinajstić information content (AvgIpc) is 3.18. The number of rotatable bonds is 10. The van der Waals surface area contributed by atoms with Gasteiger partial charge in [0.15, 0.2) is 11.5 Å². The van der Waals surface area contributed by atoms with Gasteiger partial charge in [0.1, 0.15) is 12.3 Å². The van der Waals surface area contributed by atoms with Gasteiger partial charge in [-0.25, -0.2) is 9.59 Å². The lowest BCUT2D eigenvalue weighted by Crippen LogP contribution is -2.31. The molecule has 2 heterocycles. The van der Waals surface area contributed by atoms with E-state index in [4.69, 9.17) is 15.3 Å². The number of benzene rings is 1. The molecule has 1 aromatic carbocycles. The van der Waals surface area contributed by atoms with Crippen molar-refractivity contribution in [3.63, 3.8) is 0 Å². The molecule has 1 saturated heterocycles. The van der Waals surface area contributed by atoms with Gasteiger partial charge in [-0.15, -0.1) is 0 Å². The van der Waals surface area contributed by atoms with Crippen molar-refractivity contribution in [1.82, 2.24) is 20.3 Å². The molecule has 2 aromatic rings. The number of anilines is 2. The Labute approximate surface area is 179 Å². The maximum Gasteiger partial charge on any atom is 0.357 e. The third kappa shape index (κ3) is 6.03. The molecule has 0 spiro atoms. The SMILES string of the molecule is CN1CCC[C@H]1COc1nc(NCCNOC(=O)c2ccccc2)c(N)c(C(=O)O)n1. The van der Waals surface area contributed by atoms with Crippen LogP contribution in [0.4, 0.5) is 11.5 Å². The number of ether oxygens (including phenoxy) is 1. The number of nitrogens with zero attached hydrogens (tertiary/aromatic N) is 3. The van der Waals surface area contributed by atoms with Gasteiger partial charge < -0.3 is 30.6 Å². The predicted octanol–water partition coefficient (Wildman–Crippen LogP) is 1.00. The van der Waals surface area contributed by atoms with Crippen LogP contribution < -0.4 is 21.3 Å². The molecule has 1 atom stereocenters. The number of carbonyl (C=O) groups excluding carboxylic acids is 1. The molecular formula is C20H26N6O5. The number of hydroxylamine groups is 1. The Morgan fingerprint density at radius 2 is 2.03 bits per heavy atom. The molecule has 0 unspecified atom stereocenters. The van der Waals surface area contributed by atoms with Gasteiger partial charge in [0.2, 0.25) is 0 Å².